The number of imidazole rings is 1. The molecule has 0 saturated heterocycles. The molecular weight excluding hydrogens is 245 g/mol. The largest absolute Gasteiger partial charge is 0.341 e. The first-order chi connectivity index (χ1) is 6.68. The van der Waals surface area contributed by atoms with Gasteiger partial charge in [-0.2, -0.15) is 0 Å². The lowest BCUT2D eigenvalue weighted by atomic mass is 10.1. The van der Waals surface area contributed by atoms with E-state index in [4.69, 9.17) is 5.73 Å². The number of hydrogen-bond donors (Lipinski definition) is 2. The summed E-state index contributed by atoms with van der Waals surface area (Å²) in [6.07, 6.45) is 0. The van der Waals surface area contributed by atoms with Crippen LogP contribution in [-0.2, 0) is 0 Å². The highest BCUT2D eigenvalue weighted by atomic mass is 35.5. The van der Waals surface area contributed by atoms with E-state index in [0.717, 1.165) is 16.9 Å². The van der Waals surface area contributed by atoms with Crippen molar-refractivity contribution in [2.24, 2.45) is 11.7 Å². The van der Waals surface area contributed by atoms with Crippen molar-refractivity contribution in [3.8, 4) is 0 Å². The van der Waals surface area contributed by atoms with Gasteiger partial charge in [0, 0.05) is 0 Å². The lowest BCUT2D eigenvalue weighted by Crippen LogP contribution is -2.17. The average Bonchev–Trinajstić information content (AvgIpc) is 2.59. The van der Waals surface area contributed by atoms with Gasteiger partial charge in [-0.25, -0.2) is 4.98 Å². The van der Waals surface area contributed by atoms with Crippen LogP contribution in [0.4, 0.5) is 0 Å². The third-order valence-electron chi connectivity index (χ3n) is 2.44. The van der Waals surface area contributed by atoms with Crippen LogP contribution in [0.1, 0.15) is 25.7 Å². The van der Waals surface area contributed by atoms with Crippen molar-refractivity contribution in [2.45, 2.75) is 19.9 Å². The molecule has 90 valence electrons. The highest BCUT2D eigenvalue weighted by Gasteiger charge is 2.14. The number of para-hydroxylation sites is 2. The lowest BCUT2D eigenvalue weighted by molar-refractivity contribution is 0.495. The third kappa shape index (κ3) is 2.88. The maximum atomic E-state index is 6.01. The standard InChI is InChI=1S/C11H15N3.2ClH/c1-7(2)10(12)11-13-8-5-3-4-6-9(8)14-11;;/h3-7,10H,12H2,1-2H3,(H,13,14);2*1H/t10-;;/m1../s1. The van der Waals surface area contributed by atoms with Gasteiger partial charge in [-0.3, -0.25) is 0 Å². The lowest BCUT2D eigenvalue weighted by Gasteiger charge is -2.11. The fourth-order valence-electron chi connectivity index (χ4n) is 1.45. The van der Waals surface area contributed by atoms with E-state index in [1.165, 1.54) is 0 Å². The predicted octanol–water partition coefficient (Wildman–Crippen LogP) is 3.06. The molecule has 2 rings (SSSR count). The molecule has 1 atom stereocenters. The van der Waals surface area contributed by atoms with Crippen molar-refractivity contribution in [1.82, 2.24) is 9.97 Å². The SMILES string of the molecule is CC(C)[C@@H](N)c1nc2ccccc2[nH]1.Cl.Cl. The Bertz CT molecular complexity index is 406. The van der Waals surface area contributed by atoms with E-state index in [2.05, 4.69) is 23.8 Å². The van der Waals surface area contributed by atoms with E-state index in [-0.39, 0.29) is 30.9 Å². The Morgan fingerprint density at radius 3 is 2.38 bits per heavy atom. The Morgan fingerprint density at radius 1 is 1.19 bits per heavy atom. The summed E-state index contributed by atoms with van der Waals surface area (Å²) in [5, 5.41) is 0. The Hall–Kier alpha value is -0.770. The summed E-state index contributed by atoms with van der Waals surface area (Å²) in [4.78, 5) is 7.69. The molecule has 0 amide bonds. The Morgan fingerprint density at radius 2 is 1.81 bits per heavy atom. The molecule has 0 radical (unpaired) electrons. The third-order valence-corrected chi connectivity index (χ3v) is 2.44. The topological polar surface area (TPSA) is 54.7 Å². The first-order valence-corrected chi connectivity index (χ1v) is 4.88. The molecule has 0 saturated carbocycles. The maximum absolute atomic E-state index is 6.01. The van der Waals surface area contributed by atoms with E-state index >= 15 is 0 Å². The fourth-order valence-corrected chi connectivity index (χ4v) is 1.45. The zero-order valence-electron chi connectivity index (χ0n) is 9.31. The van der Waals surface area contributed by atoms with Gasteiger partial charge in [0.2, 0.25) is 0 Å². The minimum Gasteiger partial charge on any atom is -0.341 e. The summed E-state index contributed by atoms with van der Waals surface area (Å²) in [5.41, 5.74) is 8.05. The van der Waals surface area contributed by atoms with Crippen LogP contribution in [0, 0.1) is 5.92 Å². The number of benzene rings is 1. The Labute approximate surface area is 108 Å². The van der Waals surface area contributed by atoms with E-state index in [9.17, 15) is 0 Å². The summed E-state index contributed by atoms with van der Waals surface area (Å²) in [5.74, 6) is 1.27. The molecule has 1 aromatic heterocycles. The van der Waals surface area contributed by atoms with Crippen LogP contribution >= 0.6 is 24.8 Å². The summed E-state index contributed by atoms with van der Waals surface area (Å²) >= 11 is 0. The van der Waals surface area contributed by atoms with Gasteiger partial charge in [-0.15, -0.1) is 24.8 Å². The van der Waals surface area contributed by atoms with Crippen LogP contribution in [0.2, 0.25) is 0 Å². The summed E-state index contributed by atoms with van der Waals surface area (Å²) in [6.45, 7) is 4.19. The molecule has 0 aliphatic heterocycles. The number of nitrogens with zero attached hydrogens (tertiary/aromatic N) is 1. The number of nitrogens with one attached hydrogen (secondary N) is 1. The quantitative estimate of drug-likeness (QED) is 0.873. The number of aromatic amines is 1. The smallest absolute Gasteiger partial charge is 0.124 e. The van der Waals surface area contributed by atoms with Gasteiger partial charge in [0.25, 0.3) is 0 Å². The highest BCUT2D eigenvalue weighted by molar-refractivity contribution is 5.85. The molecule has 3 nitrogen and oxygen atoms in total. The number of aromatic nitrogens is 2. The summed E-state index contributed by atoms with van der Waals surface area (Å²) in [6, 6.07) is 7.96. The van der Waals surface area contributed by atoms with Crippen LogP contribution < -0.4 is 5.73 Å². The zero-order chi connectivity index (χ0) is 10.1. The van der Waals surface area contributed by atoms with E-state index in [1.807, 2.05) is 24.3 Å². The van der Waals surface area contributed by atoms with Crippen LogP contribution in [-0.4, -0.2) is 9.97 Å². The number of halogens is 2. The number of rotatable bonds is 2. The monoisotopic (exact) mass is 261 g/mol. The van der Waals surface area contributed by atoms with Gasteiger partial charge in [-0.1, -0.05) is 26.0 Å². The first kappa shape index (κ1) is 15.2. The molecule has 3 N–H and O–H groups in total. The Kier molecular flexibility index (Phi) is 5.79. The molecular formula is C11H17Cl2N3. The number of fused-ring (bicyclic) bond motifs is 1. The minimum atomic E-state index is -0.0117. The van der Waals surface area contributed by atoms with Crippen molar-refractivity contribution >= 4 is 35.8 Å². The highest BCUT2D eigenvalue weighted by Crippen LogP contribution is 2.19. The van der Waals surface area contributed by atoms with Crippen LogP contribution in [0.15, 0.2) is 24.3 Å². The van der Waals surface area contributed by atoms with Gasteiger partial charge in [0.15, 0.2) is 0 Å². The molecule has 0 bridgehead atoms. The van der Waals surface area contributed by atoms with Crippen molar-refractivity contribution in [3.63, 3.8) is 0 Å². The van der Waals surface area contributed by atoms with Gasteiger partial charge in [0.1, 0.15) is 5.82 Å². The van der Waals surface area contributed by atoms with Crippen molar-refractivity contribution in [2.75, 3.05) is 0 Å². The molecule has 5 heteroatoms. The Balaban J connectivity index is 0.00000112. The van der Waals surface area contributed by atoms with Crippen LogP contribution in [0.3, 0.4) is 0 Å². The molecule has 0 fully saturated rings. The van der Waals surface area contributed by atoms with E-state index in [1.54, 1.807) is 0 Å². The summed E-state index contributed by atoms with van der Waals surface area (Å²) < 4.78 is 0. The molecule has 16 heavy (non-hydrogen) atoms. The van der Waals surface area contributed by atoms with Gasteiger partial charge in [0.05, 0.1) is 17.1 Å². The van der Waals surface area contributed by atoms with Crippen LogP contribution in [0.5, 0.6) is 0 Å². The molecule has 0 aliphatic carbocycles. The first-order valence-electron chi connectivity index (χ1n) is 4.88. The van der Waals surface area contributed by atoms with Gasteiger partial charge >= 0.3 is 0 Å². The van der Waals surface area contributed by atoms with E-state index in [0.29, 0.717) is 5.92 Å². The molecule has 2 aromatic rings. The van der Waals surface area contributed by atoms with E-state index < -0.39 is 0 Å². The minimum absolute atomic E-state index is 0. The van der Waals surface area contributed by atoms with Gasteiger partial charge in [-0.05, 0) is 18.1 Å². The molecule has 1 heterocycles. The molecule has 0 spiro atoms. The number of H-pyrrole nitrogens is 1. The maximum Gasteiger partial charge on any atom is 0.124 e. The zero-order valence-corrected chi connectivity index (χ0v) is 10.9. The van der Waals surface area contributed by atoms with Crippen molar-refractivity contribution in [3.05, 3.63) is 30.1 Å². The second kappa shape index (κ2) is 6.09. The molecule has 1 aromatic carbocycles. The summed E-state index contributed by atoms with van der Waals surface area (Å²) in [7, 11) is 0. The fraction of sp³-hybridized carbons (Fsp3) is 0.364. The molecule has 0 aliphatic rings. The molecule has 0 unspecified atom stereocenters. The number of nitrogens with two attached hydrogens (primary N) is 1. The van der Waals surface area contributed by atoms with Crippen molar-refractivity contribution < 1.29 is 0 Å². The van der Waals surface area contributed by atoms with Gasteiger partial charge < -0.3 is 10.7 Å². The predicted molar refractivity (Wildman–Crippen MR) is 72.4 cm³/mol. The second-order valence-corrected chi connectivity index (χ2v) is 3.91. The number of hydrogen-bond acceptors (Lipinski definition) is 2. The van der Waals surface area contributed by atoms with Crippen molar-refractivity contribution in [1.29, 1.82) is 0 Å². The normalized spacial score (nSPS) is 12.0. The average molecular weight is 262 g/mol. The second-order valence-electron chi connectivity index (χ2n) is 3.91. The van der Waals surface area contributed by atoms with Crippen LogP contribution in [0.25, 0.3) is 11.0 Å².